The van der Waals surface area contributed by atoms with Crippen molar-refractivity contribution >= 4 is 17.7 Å². The van der Waals surface area contributed by atoms with Crippen LogP contribution in [0.25, 0.3) is 0 Å². The fraction of sp³-hybridized carbons (Fsp3) is 0.344. The summed E-state index contributed by atoms with van der Waals surface area (Å²) >= 11 is 0. The van der Waals surface area contributed by atoms with Crippen LogP contribution in [0.5, 0.6) is 5.75 Å². The Labute approximate surface area is 234 Å². The summed E-state index contributed by atoms with van der Waals surface area (Å²) in [4.78, 5) is 44.1. The van der Waals surface area contributed by atoms with Gasteiger partial charge in [-0.05, 0) is 42.3 Å². The standard InChI is InChI=1S/C32H35N3O5/c1-23(25-11-7-4-8-12-25)33-30(37)28-22-40-32(35(28)31(38)26-13-15-27(39-2)16-14-26)17-19-34(20-18-32)29(36)21-24-9-5-3-6-10-24/h3-16,23,28H,17-22H2,1-2H3,(H,33,37). The smallest absolute Gasteiger partial charge is 0.256 e. The lowest BCUT2D eigenvalue weighted by Crippen LogP contribution is -2.60. The van der Waals surface area contributed by atoms with Crippen LogP contribution in [0.1, 0.15) is 47.3 Å². The van der Waals surface area contributed by atoms with Crippen LogP contribution in [0.3, 0.4) is 0 Å². The van der Waals surface area contributed by atoms with Gasteiger partial charge in [0.05, 0.1) is 26.2 Å². The monoisotopic (exact) mass is 541 g/mol. The van der Waals surface area contributed by atoms with E-state index >= 15 is 0 Å². The molecule has 208 valence electrons. The van der Waals surface area contributed by atoms with Gasteiger partial charge in [-0.2, -0.15) is 0 Å². The number of methoxy groups -OCH3 is 1. The minimum atomic E-state index is -0.974. The number of benzene rings is 3. The molecule has 0 saturated carbocycles. The van der Waals surface area contributed by atoms with E-state index in [9.17, 15) is 14.4 Å². The molecule has 0 aliphatic carbocycles. The highest BCUT2D eigenvalue weighted by Crippen LogP contribution is 2.39. The normalized spacial score (nSPS) is 18.8. The Morgan fingerprint density at radius 3 is 2.20 bits per heavy atom. The molecule has 2 fully saturated rings. The van der Waals surface area contributed by atoms with E-state index < -0.39 is 11.8 Å². The summed E-state index contributed by atoms with van der Waals surface area (Å²) in [6, 6.07) is 25.2. The molecule has 2 aliphatic heterocycles. The summed E-state index contributed by atoms with van der Waals surface area (Å²) in [6.07, 6.45) is 1.17. The molecular formula is C32H35N3O5. The third kappa shape index (κ3) is 5.72. The van der Waals surface area contributed by atoms with Crippen molar-refractivity contribution in [1.29, 1.82) is 0 Å². The topological polar surface area (TPSA) is 88.2 Å². The van der Waals surface area contributed by atoms with Crippen molar-refractivity contribution in [3.63, 3.8) is 0 Å². The van der Waals surface area contributed by atoms with E-state index in [0.717, 1.165) is 11.1 Å². The van der Waals surface area contributed by atoms with Gasteiger partial charge in [-0.25, -0.2) is 0 Å². The molecule has 3 aromatic rings. The molecule has 2 saturated heterocycles. The lowest BCUT2D eigenvalue weighted by Gasteiger charge is -2.44. The Morgan fingerprint density at radius 2 is 1.57 bits per heavy atom. The van der Waals surface area contributed by atoms with Crippen molar-refractivity contribution in [2.45, 2.75) is 44.0 Å². The second-order valence-electron chi connectivity index (χ2n) is 10.4. The molecule has 5 rings (SSSR count). The van der Waals surface area contributed by atoms with Crippen LogP contribution in [-0.4, -0.2) is 66.1 Å². The van der Waals surface area contributed by atoms with Crippen molar-refractivity contribution in [1.82, 2.24) is 15.1 Å². The third-order valence-corrected chi connectivity index (χ3v) is 7.87. The maximum Gasteiger partial charge on any atom is 0.256 e. The molecular weight excluding hydrogens is 506 g/mol. The molecule has 1 spiro atoms. The number of carbonyl (C=O) groups is 3. The second-order valence-corrected chi connectivity index (χ2v) is 10.4. The summed E-state index contributed by atoms with van der Waals surface area (Å²) in [5.41, 5.74) is 1.41. The number of nitrogens with zero attached hydrogens (tertiary/aromatic N) is 2. The van der Waals surface area contributed by atoms with E-state index in [4.69, 9.17) is 9.47 Å². The zero-order valence-corrected chi connectivity index (χ0v) is 22.9. The van der Waals surface area contributed by atoms with Crippen molar-refractivity contribution in [3.8, 4) is 5.75 Å². The number of carbonyl (C=O) groups excluding carboxylic acids is 3. The van der Waals surface area contributed by atoms with E-state index in [-0.39, 0.29) is 30.4 Å². The summed E-state index contributed by atoms with van der Waals surface area (Å²) in [5.74, 6) is 0.132. The first-order valence-corrected chi connectivity index (χ1v) is 13.7. The van der Waals surface area contributed by atoms with Crippen molar-refractivity contribution < 1.29 is 23.9 Å². The number of rotatable bonds is 7. The van der Waals surface area contributed by atoms with Crippen LogP contribution in [0, 0.1) is 0 Å². The number of nitrogens with one attached hydrogen (secondary N) is 1. The molecule has 2 unspecified atom stereocenters. The molecule has 1 N–H and O–H groups in total. The zero-order chi connectivity index (χ0) is 28.1. The van der Waals surface area contributed by atoms with Gasteiger partial charge in [-0.3, -0.25) is 19.3 Å². The van der Waals surface area contributed by atoms with Gasteiger partial charge in [0, 0.05) is 31.5 Å². The molecule has 0 radical (unpaired) electrons. The molecule has 8 heteroatoms. The lowest BCUT2D eigenvalue weighted by molar-refractivity contribution is -0.143. The number of hydrogen-bond donors (Lipinski definition) is 1. The minimum Gasteiger partial charge on any atom is -0.497 e. The first kappa shape index (κ1) is 27.4. The minimum absolute atomic E-state index is 0.0399. The molecule has 0 bridgehead atoms. The average molecular weight is 542 g/mol. The summed E-state index contributed by atoms with van der Waals surface area (Å²) < 4.78 is 11.6. The maximum atomic E-state index is 14.0. The summed E-state index contributed by atoms with van der Waals surface area (Å²) in [5, 5.41) is 3.07. The number of piperidine rings is 1. The molecule has 2 aliphatic rings. The van der Waals surface area contributed by atoms with Crippen LogP contribution >= 0.6 is 0 Å². The fourth-order valence-corrected chi connectivity index (χ4v) is 5.56. The lowest BCUT2D eigenvalue weighted by atomic mass is 9.96. The number of amides is 3. The van der Waals surface area contributed by atoms with E-state index in [1.165, 1.54) is 0 Å². The van der Waals surface area contributed by atoms with Crippen LogP contribution < -0.4 is 10.1 Å². The van der Waals surface area contributed by atoms with Crippen LogP contribution in [-0.2, 0) is 20.7 Å². The van der Waals surface area contributed by atoms with Gasteiger partial charge in [0.1, 0.15) is 17.5 Å². The molecule has 40 heavy (non-hydrogen) atoms. The SMILES string of the molecule is COc1ccc(C(=O)N2C(C(=O)NC(C)c3ccccc3)COC23CCN(C(=O)Cc2ccccc2)CC3)cc1. The second kappa shape index (κ2) is 11.9. The molecule has 2 atom stereocenters. The number of likely N-dealkylation sites (tertiary alicyclic amines) is 1. The van der Waals surface area contributed by atoms with Gasteiger partial charge in [-0.1, -0.05) is 60.7 Å². The first-order valence-electron chi connectivity index (χ1n) is 13.7. The van der Waals surface area contributed by atoms with Crippen LogP contribution in [0.4, 0.5) is 0 Å². The average Bonchev–Trinajstić information content (AvgIpc) is 3.36. The van der Waals surface area contributed by atoms with Crippen LogP contribution in [0.15, 0.2) is 84.9 Å². The Kier molecular flexibility index (Phi) is 8.16. The van der Waals surface area contributed by atoms with E-state index in [1.54, 1.807) is 36.3 Å². The van der Waals surface area contributed by atoms with Gasteiger partial charge >= 0.3 is 0 Å². The fourth-order valence-electron chi connectivity index (χ4n) is 5.56. The Bertz CT molecular complexity index is 1320. The van der Waals surface area contributed by atoms with Gasteiger partial charge in [0.25, 0.3) is 5.91 Å². The zero-order valence-electron chi connectivity index (χ0n) is 22.9. The van der Waals surface area contributed by atoms with Gasteiger partial charge < -0.3 is 19.7 Å². The third-order valence-electron chi connectivity index (χ3n) is 7.87. The highest BCUT2D eigenvalue weighted by Gasteiger charge is 2.54. The van der Waals surface area contributed by atoms with Gasteiger partial charge in [0.2, 0.25) is 11.8 Å². The Hall–Kier alpha value is -4.17. The van der Waals surface area contributed by atoms with Crippen molar-refractivity contribution in [3.05, 3.63) is 102 Å². The number of ether oxygens (including phenoxy) is 2. The quantitative estimate of drug-likeness (QED) is 0.489. The van der Waals surface area contributed by atoms with Crippen LogP contribution in [0.2, 0.25) is 0 Å². The van der Waals surface area contributed by atoms with Crippen molar-refractivity contribution in [2.24, 2.45) is 0 Å². The summed E-state index contributed by atoms with van der Waals surface area (Å²) in [6.45, 7) is 2.89. The van der Waals surface area contributed by atoms with E-state index in [0.29, 0.717) is 43.7 Å². The van der Waals surface area contributed by atoms with Gasteiger partial charge in [0.15, 0.2) is 0 Å². The molecule has 3 amide bonds. The molecule has 2 heterocycles. The Balaban J connectivity index is 1.35. The van der Waals surface area contributed by atoms with Gasteiger partial charge in [-0.15, -0.1) is 0 Å². The van der Waals surface area contributed by atoms with E-state index in [1.807, 2.05) is 72.5 Å². The van der Waals surface area contributed by atoms with E-state index in [2.05, 4.69) is 5.32 Å². The Morgan fingerprint density at radius 1 is 0.950 bits per heavy atom. The maximum absolute atomic E-state index is 14.0. The highest BCUT2D eigenvalue weighted by atomic mass is 16.5. The first-order chi connectivity index (χ1) is 19.4. The summed E-state index contributed by atoms with van der Waals surface area (Å²) in [7, 11) is 1.57. The predicted octanol–water partition coefficient (Wildman–Crippen LogP) is 3.98. The largest absolute Gasteiger partial charge is 0.497 e. The predicted molar refractivity (Wildman–Crippen MR) is 151 cm³/mol. The molecule has 8 nitrogen and oxygen atoms in total. The molecule has 3 aromatic carbocycles. The molecule has 0 aromatic heterocycles. The van der Waals surface area contributed by atoms with Crippen molar-refractivity contribution in [2.75, 3.05) is 26.8 Å². The highest BCUT2D eigenvalue weighted by molar-refractivity contribution is 5.98. The number of hydrogen-bond acceptors (Lipinski definition) is 5.